The van der Waals surface area contributed by atoms with Gasteiger partial charge in [-0.15, -0.1) is 6.58 Å². The largest absolute Gasteiger partial charge is 0.491 e. The maximum Gasteiger partial charge on any atom is 0.171 e. The average Bonchev–Trinajstić information content (AvgIpc) is 2.73. The highest BCUT2D eigenvalue weighted by Gasteiger charge is 2.40. The fourth-order valence-corrected chi connectivity index (χ4v) is 4.73. The van der Waals surface area contributed by atoms with Gasteiger partial charge in [-0.05, 0) is 67.2 Å². The molecule has 0 bridgehead atoms. The van der Waals surface area contributed by atoms with Crippen molar-refractivity contribution in [1.29, 1.82) is 0 Å². The van der Waals surface area contributed by atoms with Crippen LogP contribution in [0.5, 0.6) is 5.75 Å². The van der Waals surface area contributed by atoms with Gasteiger partial charge in [0, 0.05) is 11.1 Å². The second-order valence-corrected chi connectivity index (χ2v) is 7.85. The SMILES string of the molecule is C=CC1CCC(c2ccc3c(c2F)C(F)C(F)c2c-3ccc(OCC)c2F)CC1. The van der Waals surface area contributed by atoms with Crippen LogP contribution in [-0.4, -0.2) is 6.61 Å². The van der Waals surface area contributed by atoms with Crippen LogP contribution in [0.1, 0.15) is 67.6 Å². The van der Waals surface area contributed by atoms with Gasteiger partial charge in [-0.2, -0.15) is 0 Å². The van der Waals surface area contributed by atoms with Gasteiger partial charge in [0.05, 0.1) is 6.61 Å². The first-order valence-corrected chi connectivity index (χ1v) is 10.2. The van der Waals surface area contributed by atoms with E-state index < -0.39 is 29.5 Å². The first-order valence-electron chi connectivity index (χ1n) is 10.2. The van der Waals surface area contributed by atoms with Gasteiger partial charge in [-0.25, -0.2) is 17.6 Å². The number of allylic oxidation sites excluding steroid dienone is 1. The molecule has 1 nitrogen and oxygen atoms in total. The third-order valence-corrected chi connectivity index (χ3v) is 6.30. The van der Waals surface area contributed by atoms with E-state index in [-0.39, 0.29) is 35.0 Å². The first kappa shape index (κ1) is 20.0. The molecule has 5 heteroatoms. The monoisotopic (exact) mass is 404 g/mol. The lowest BCUT2D eigenvalue weighted by Gasteiger charge is -2.31. The summed E-state index contributed by atoms with van der Waals surface area (Å²) in [5.74, 6) is -1.34. The van der Waals surface area contributed by atoms with Crippen molar-refractivity contribution in [3.63, 3.8) is 0 Å². The second-order valence-electron chi connectivity index (χ2n) is 7.85. The minimum Gasteiger partial charge on any atom is -0.491 e. The van der Waals surface area contributed by atoms with E-state index in [1.165, 1.54) is 12.1 Å². The molecule has 2 aliphatic rings. The Morgan fingerprint density at radius 1 is 0.931 bits per heavy atom. The lowest BCUT2D eigenvalue weighted by Crippen LogP contribution is -2.18. The highest BCUT2D eigenvalue weighted by Crippen LogP contribution is 2.52. The Morgan fingerprint density at radius 3 is 2.10 bits per heavy atom. The number of rotatable bonds is 4. The lowest BCUT2D eigenvalue weighted by molar-refractivity contribution is 0.158. The summed E-state index contributed by atoms with van der Waals surface area (Å²) in [5, 5.41) is 0. The van der Waals surface area contributed by atoms with Crippen molar-refractivity contribution in [2.75, 3.05) is 6.61 Å². The topological polar surface area (TPSA) is 9.23 Å². The first-order chi connectivity index (χ1) is 14.0. The number of alkyl halides is 2. The molecule has 0 spiro atoms. The van der Waals surface area contributed by atoms with E-state index in [1.54, 1.807) is 19.1 Å². The van der Waals surface area contributed by atoms with Crippen LogP contribution >= 0.6 is 0 Å². The summed E-state index contributed by atoms with van der Waals surface area (Å²) in [6.45, 7) is 5.70. The van der Waals surface area contributed by atoms with Gasteiger partial charge in [-0.3, -0.25) is 0 Å². The summed E-state index contributed by atoms with van der Waals surface area (Å²) in [5.41, 5.74) is 0.134. The Hall–Kier alpha value is -2.30. The number of benzene rings is 2. The minimum absolute atomic E-state index is 0.0276. The molecule has 1 fully saturated rings. The molecule has 2 atom stereocenters. The Kier molecular flexibility index (Phi) is 5.41. The number of hydrogen-bond acceptors (Lipinski definition) is 1. The van der Waals surface area contributed by atoms with E-state index in [4.69, 9.17) is 4.74 Å². The standard InChI is InChI=1S/C24H24F4O/c1-3-13-5-7-14(8-6-13)15-9-10-16-17-11-12-18(29-4-2)22(26)20(17)24(28)23(27)19(16)21(15)25/h3,9-14,23-24H,1,4-8H2,2H3. The van der Waals surface area contributed by atoms with Crippen molar-refractivity contribution in [3.05, 3.63) is 65.2 Å². The second kappa shape index (κ2) is 7.85. The number of fused-ring (bicyclic) bond motifs is 3. The molecule has 2 aromatic rings. The molecule has 0 aromatic heterocycles. The molecule has 2 unspecified atom stereocenters. The molecule has 4 rings (SSSR count). The molecule has 0 amide bonds. The normalized spacial score (nSPS) is 25.8. The summed E-state index contributed by atoms with van der Waals surface area (Å²) in [4.78, 5) is 0. The van der Waals surface area contributed by atoms with Gasteiger partial charge >= 0.3 is 0 Å². The molecule has 0 saturated heterocycles. The molecule has 0 N–H and O–H groups in total. The predicted octanol–water partition coefficient (Wildman–Crippen LogP) is 7.53. The Morgan fingerprint density at radius 2 is 1.52 bits per heavy atom. The van der Waals surface area contributed by atoms with Crippen molar-refractivity contribution in [3.8, 4) is 16.9 Å². The summed E-state index contributed by atoms with van der Waals surface area (Å²) < 4.78 is 65.3. The quantitative estimate of drug-likeness (QED) is 0.378. The van der Waals surface area contributed by atoms with Crippen molar-refractivity contribution in [2.24, 2.45) is 5.92 Å². The van der Waals surface area contributed by atoms with Crippen molar-refractivity contribution >= 4 is 0 Å². The Balaban J connectivity index is 1.78. The van der Waals surface area contributed by atoms with Crippen molar-refractivity contribution in [1.82, 2.24) is 0 Å². The summed E-state index contributed by atoms with van der Waals surface area (Å²) in [7, 11) is 0. The number of ether oxygens (including phenoxy) is 1. The van der Waals surface area contributed by atoms with Crippen LogP contribution in [0.2, 0.25) is 0 Å². The van der Waals surface area contributed by atoms with Crippen LogP contribution in [0, 0.1) is 17.6 Å². The third-order valence-electron chi connectivity index (χ3n) is 6.30. The van der Waals surface area contributed by atoms with Gasteiger partial charge in [0.15, 0.2) is 23.9 Å². The van der Waals surface area contributed by atoms with E-state index >= 15 is 8.78 Å². The number of halogens is 4. The van der Waals surface area contributed by atoms with E-state index in [9.17, 15) is 8.78 Å². The van der Waals surface area contributed by atoms with E-state index in [0.29, 0.717) is 11.5 Å². The molecule has 0 heterocycles. The summed E-state index contributed by atoms with van der Waals surface area (Å²) in [6.07, 6.45) is 0.768. The zero-order valence-corrected chi connectivity index (χ0v) is 16.4. The van der Waals surface area contributed by atoms with Crippen LogP contribution in [0.25, 0.3) is 11.1 Å². The molecule has 154 valence electrons. The highest BCUT2D eigenvalue weighted by molar-refractivity contribution is 5.76. The fourth-order valence-electron chi connectivity index (χ4n) is 4.73. The van der Waals surface area contributed by atoms with Gasteiger partial charge in [0.1, 0.15) is 5.82 Å². The maximum atomic E-state index is 15.4. The van der Waals surface area contributed by atoms with Gasteiger partial charge in [0.25, 0.3) is 0 Å². The summed E-state index contributed by atoms with van der Waals surface area (Å²) >= 11 is 0. The third kappa shape index (κ3) is 3.24. The zero-order chi connectivity index (χ0) is 20.7. The molecular weight excluding hydrogens is 380 g/mol. The average molecular weight is 404 g/mol. The van der Waals surface area contributed by atoms with Crippen LogP contribution in [0.15, 0.2) is 36.9 Å². The Bertz CT molecular complexity index is 931. The maximum absolute atomic E-state index is 15.4. The molecular formula is C24H24F4O. The lowest BCUT2D eigenvalue weighted by atomic mass is 9.76. The highest BCUT2D eigenvalue weighted by atomic mass is 19.2. The molecule has 29 heavy (non-hydrogen) atoms. The predicted molar refractivity (Wildman–Crippen MR) is 106 cm³/mol. The molecule has 2 aromatic carbocycles. The fraction of sp³-hybridized carbons (Fsp3) is 0.417. The van der Waals surface area contributed by atoms with Crippen molar-refractivity contribution in [2.45, 2.75) is 50.9 Å². The van der Waals surface area contributed by atoms with Crippen LogP contribution in [0.4, 0.5) is 17.6 Å². The van der Waals surface area contributed by atoms with E-state index in [2.05, 4.69) is 6.58 Å². The van der Waals surface area contributed by atoms with Crippen LogP contribution in [0.3, 0.4) is 0 Å². The Labute approximate surface area is 168 Å². The van der Waals surface area contributed by atoms with Gasteiger partial charge in [0.2, 0.25) is 0 Å². The van der Waals surface area contributed by atoms with Gasteiger partial charge in [-0.1, -0.05) is 24.3 Å². The van der Waals surface area contributed by atoms with Crippen molar-refractivity contribution < 1.29 is 22.3 Å². The molecule has 2 aliphatic carbocycles. The van der Waals surface area contributed by atoms with Crippen LogP contribution in [-0.2, 0) is 0 Å². The number of hydrogen-bond donors (Lipinski definition) is 0. The van der Waals surface area contributed by atoms with E-state index in [1.807, 2.05) is 6.08 Å². The van der Waals surface area contributed by atoms with Gasteiger partial charge < -0.3 is 4.74 Å². The molecule has 0 aliphatic heterocycles. The summed E-state index contributed by atoms with van der Waals surface area (Å²) in [6, 6.07) is 6.12. The zero-order valence-electron chi connectivity index (χ0n) is 16.4. The molecule has 1 saturated carbocycles. The van der Waals surface area contributed by atoms with E-state index in [0.717, 1.165) is 25.7 Å². The minimum atomic E-state index is -2.28. The smallest absolute Gasteiger partial charge is 0.171 e. The van der Waals surface area contributed by atoms with Crippen LogP contribution < -0.4 is 4.74 Å². The molecule has 0 radical (unpaired) electrons.